The van der Waals surface area contributed by atoms with E-state index in [-0.39, 0.29) is 22.6 Å². The third kappa shape index (κ3) is 5.81. The first-order chi connectivity index (χ1) is 19.0. The summed E-state index contributed by atoms with van der Waals surface area (Å²) in [7, 11) is 1.31. The van der Waals surface area contributed by atoms with Crippen molar-refractivity contribution in [3.63, 3.8) is 0 Å². The van der Waals surface area contributed by atoms with Gasteiger partial charge in [0.15, 0.2) is 5.82 Å². The molecule has 2 heterocycles. The van der Waals surface area contributed by atoms with E-state index in [0.717, 1.165) is 32.0 Å². The molecule has 2 aromatic carbocycles. The molecule has 0 saturated heterocycles. The van der Waals surface area contributed by atoms with Crippen LogP contribution >= 0.6 is 0 Å². The number of hydrogen-bond acceptors (Lipinski definition) is 7. The van der Waals surface area contributed by atoms with Crippen LogP contribution in [0.5, 0.6) is 5.75 Å². The first kappa shape index (κ1) is 29.7. The van der Waals surface area contributed by atoms with E-state index >= 15 is 4.39 Å². The molecule has 1 amide bonds. The van der Waals surface area contributed by atoms with Crippen molar-refractivity contribution in [2.75, 3.05) is 13.7 Å². The number of nitrogens with one attached hydrogen (secondary N) is 1. The molecule has 0 saturated carbocycles. The van der Waals surface area contributed by atoms with Gasteiger partial charge in [-0.1, -0.05) is 0 Å². The van der Waals surface area contributed by atoms with E-state index in [9.17, 15) is 32.6 Å². The minimum absolute atomic E-state index is 0.0911. The van der Waals surface area contributed by atoms with Gasteiger partial charge < -0.3 is 20.3 Å². The van der Waals surface area contributed by atoms with Gasteiger partial charge in [0.25, 0.3) is 5.91 Å². The Morgan fingerprint density at radius 2 is 1.66 bits per heavy atom. The lowest BCUT2D eigenvalue weighted by Gasteiger charge is -2.32. The number of halogens is 5. The zero-order valence-electron chi connectivity index (χ0n) is 22.3. The number of ether oxygens (including phenoxy) is 1. The van der Waals surface area contributed by atoms with Gasteiger partial charge in [-0.15, -0.1) is 5.10 Å². The minimum Gasteiger partial charge on any atom is -0.494 e. The van der Waals surface area contributed by atoms with Gasteiger partial charge in [-0.25, -0.2) is 13.8 Å². The van der Waals surface area contributed by atoms with Crippen LogP contribution in [-0.4, -0.2) is 51.1 Å². The third-order valence-corrected chi connectivity index (χ3v) is 6.38. The van der Waals surface area contributed by atoms with Crippen LogP contribution < -0.4 is 10.1 Å². The molecular weight excluding hydrogens is 551 g/mol. The van der Waals surface area contributed by atoms with Gasteiger partial charge in [0.1, 0.15) is 22.8 Å². The maximum absolute atomic E-state index is 15.6. The molecule has 1 atom stereocenters. The van der Waals surface area contributed by atoms with Crippen molar-refractivity contribution in [1.29, 1.82) is 0 Å². The van der Waals surface area contributed by atoms with Crippen LogP contribution in [0.4, 0.5) is 22.0 Å². The lowest BCUT2D eigenvalue weighted by Crippen LogP contribution is -2.52. The Kier molecular flexibility index (Phi) is 7.71. The zero-order valence-corrected chi connectivity index (χ0v) is 22.3. The number of amides is 1. The van der Waals surface area contributed by atoms with E-state index in [0.29, 0.717) is 16.6 Å². The Hall–Kier alpha value is -4.23. The summed E-state index contributed by atoms with van der Waals surface area (Å²) >= 11 is 0. The number of aromatic nitrogens is 3. The third-order valence-electron chi connectivity index (χ3n) is 6.38. The first-order valence-corrected chi connectivity index (χ1v) is 12.1. The Bertz CT molecular complexity index is 1620. The van der Waals surface area contributed by atoms with Crippen molar-refractivity contribution in [1.82, 2.24) is 20.5 Å². The van der Waals surface area contributed by atoms with Gasteiger partial charge in [-0.2, -0.15) is 18.3 Å². The number of fused-ring (bicyclic) bond motifs is 1. The maximum atomic E-state index is 15.6. The molecule has 0 aliphatic heterocycles. The Balaban J connectivity index is 1.80. The highest BCUT2D eigenvalue weighted by molar-refractivity contribution is 5.99. The molecule has 0 bridgehead atoms. The molecule has 2 aromatic heterocycles. The van der Waals surface area contributed by atoms with Gasteiger partial charge in [0, 0.05) is 22.1 Å². The molecule has 0 aliphatic rings. The van der Waals surface area contributed by atoms with E-state index in [1.807, 2.05) is 5.32 Å². The number of benzene rings is 2. The first-order valence-electron chi connectivity index (χ1n) is 12.1. The number of carbonyl (C=O) groups is 1. The lowest BCUT2D eigenvalue weighted by atomic mass is 9.89. The number of pyridine rings is 1. The number of alkyl halides is 3. The fourth-order valence-electron chi connectivity index (χ4n) is 4.16. The van der Waals surface area contributed by atoms with Gasteiger partial charge in [0.2, 0.25) is 5.60 Å². The van der Waals surface area contributed by atoms with Crippen molar-refractivity contribution in [3.05, 3.63) is 82.7 Å². The molecule has 3 N–H and O–H groups in total. The second kappa shape index (κ2) is 10.6. The van der Waals surface area contributed by atoms with Crippen LogP contribution in [-0.2, 0) is 11.2 Å². The van der Waals surface area contributed by atoms with Crippen LogP contribution in [0, 0.1) is 18.6 Å². The Morgan fingerprint density at radius 3 is 2.24 bits per heavy atom. The quantitative estimate of drug-likeness (QED) is 0.273. The number of aryl methyl sites for hydroxylation is 1. The molecule has 0 aliphatic carbocycles. The van der Waals surface area contributed by atoms with Crippen molar-refractivity contribution in [3.8, 4) is 17.0 Å². The summed E-state index contributed by atoms with van der Waals surface area (Å²) < 4.78 is 77.7. The summed E-state index contributed by atoms with van der Waals surface area (Å²) in [4.78, 5) is 16.8. The smallest absolute Gasteiger partial charge is 0.424 e. The molecular formula is C28H25F5N4O4. The normalized spacial score (nSPS) is 13.6. The van der Waals surface area contributed by atoms with E-state index < -0.39 is 52.7 Å². The van der Waals surface area contributed by atoms with E-state index in [4.69, 9.17) is 4.74 Å². The highest BCUT2D eigenvalue weighted by Crippen LogP contribution is 2.42. The minimum atomic E-state index is -5.54. The van der Waals surface area contributed by atoms with Crippen molar-refractivity contribution < 1.29 is 41.7 Å². The zero-order chi connectivity index (χ0) is 30.3. The van der Waals surface area contributed by atoms with Crippen LogP contribution in [0.25, 0.3) is 22.2 Å². The van der Waals surface area contributed by atoms with Crippen LogP contribution in [0.15, 0.2) is 48.5 Å². The molecule has 0 spiro atoms. The largest absolute Gasteiger partial charge is 0.494 e. The Morgan fingerprint density at radius 1 is 1.00 bits per heavy atom. The molecule has 0 radical (unpaired) electrons. The number of hydrogen-bond donors (Lipinski definition) is 3. The molecule has 4 rings (SSSR count). The highest BCUT2D eigenvalue weighted by atomic mass is 19.4. The van der Waals surface area contributed by atoms with E-state index in [2.05, 4.69) is 15.2 Å². The summed E-state index contributed by atoms with van der Waals surface area (Å²) in [6.07, 6.45) is -5.54. The molecule has 4 aromatic rings. The summed E-state index contributed by atoms with van der Waals surface area (Å²) in [6.45, 7) is 2.39. The van der Waals surface area contributed by atoms with E-state index in [1.165, 1.54) is 31.4 Å². The Labute approximate surface area is 230 Å². The second-order valence-corrected chi connectivity index (χ2v) is 9.93. The second-order valence-electron chi connectivity index (χ2n) is 9.93. The fourth-order valence-corrected chi connectivity index (χ4v) is 4.16. The molecule has 13 heteroatoms. The molecule has 216 valence electrons. The van der Waals surface area contributed by atoms with Crippen molar-refractivity contribution in [2.24, 2.45) is 0 Å². The molecule has 8 nitrogen and oxygen atoms in total. The maximum Gasteiger partial charge on any atom is 0.424 e. The summed E-state index contributed by atoms with van der Waals surface area (Å²) in [5, 5.41) is 31.8. The monoisotopic (exact) mass is 576 g/mol. The van der Waals surface area contributed by atoms with Gasteiger partial charge in [-0.05, 0) is 69.3 Å². The SMILES string of the molecule is COc1cc(C(=O)NCC(O)(c2nc(-c3ccc(F)cc3)cc(C(C)(C)O)c2F)C(F)(F)F)cc2cc(C)nnc12. The number of methoxy groups -OCH3 is 1. The summed E-state index contributed by atoms with van der Waals surface area (Å²) in [5.41, 5.74) is -7.62. The predicted octanol–water partition coefficient (Wildman–Crippen LogP) is 4.69. The highest BCUT2D eigenvalue weighted by Gasteiger charge is 2.58. The predicted molar refractivity (Wildman–Crippen MR) is 138 cm³/mol. The van der Waals surface area contributed by atoms with Crippen molar-refractivity contribution >= 4 is 16.8 Å². The van der Waals surface area contributed by atoms with Crippen LogP contribution in [0.2, 0.25) is 0 Å². The van der Waals surface area contributed by atoms with Crippen LogP contribution in [0.1, 0.15) is 41.2 Å². The number of nitrogens with zero attached hydrogens (tertiary/aromatic N) is 3. The number of carbonyl (C=O) groups excluding carboxylic acids is 1. The van der Waals surface area contributed by atoms with Gasteiger partial charge in [-0.3, -0.25) is 4.79 Å². The number of aliphatic hydroxyl groups is 2. The molecule has 1 unspecified atom stereocenters. The average molecular weight is 577 g/mol. The number of rotatable bonds is 7. The lowest BCUT2D eigenvalue weighted by molar-refractivity contribution is -0.266. The van der Waals surface area contributed by atoms with Crippen molar-refractivity contribution in [2.45, 2.75) is 38.1 Å². The van der Waals surface area contributed by atoms with E-state index in [1.54, 1.807) is 13.0 Å². The summed E-state index contributed by atoms with van der Waals surface area (Å²) in [6, 6.07) is 9.61. The van der Waals surface area contributed by atoms with Gasteiger partial charge in [0.05, 0.1) is 30.6 Å². The topological polar surface area (TPSA) is 117 Å². The average Bonchev–Trinajstić information content (AvgIpc) is 2.89. The standard InChI is InChI=1S/C28H25F5N4O4/c1-14-9-16-10-17(11-21(41-4)23(16)37-36-14)25(38)34-13-27(40,28(31,32)33)24-22(30)19(26(2,3)39)12-20(35-24)15-5-7-18(29)8-6-15/h5-12,39-40H,13H2,1-4H3,(H,34,38). The molecule has 41 heavy (non-hydrogen) atoms. The molecule has 0 fully saturated rings. The van der Waals surface area contributed by atoms with Crippen LogP contribution in [0.3, 0.4) is 0 Å². The fraction of sp³-hybridized carbons (Fsp3) is 0.286. The summed E-state index contributed by atoms with van der Waals surface area (Å²) in [5.74, 6) is -3.18. The van der Waals surface area contributed by atoms with Gasteiger partial charge >= 0.3 is 6.18 Å².